The van der Waals surface area contributed by atoms with Gasteiger partial charge in [0.25, 0.3) is 5.91 Å². The molecule has 0 bridgehead atoms. The Balaban J connectivity index is 2.61. The van der Waals surface area contributed by atoms with Crippen LogP contribution in [-0.4, -0.2) is 30.1 Å². The van der Waals surface area contributed by atoms with E-state index in [1.807, 2.05) is 6.92 Å². The zero-order valence-electron chi connectivity index (χ0n) is 12.8. The van der Waals surface area contributed by atoms with Gasteiger partial charge in [-0.1, -0.05) is 13.8 Å². The summed E-state index contributed by atoms with van der Waals surface area (Å²) in [5.41, 5.74) is -0.456. The Kier molecular flexibility index (Phi) is 6.21. The van der Waals surface area contributed by atoms with Crippen molar-refractivity contribution >= 4 is 11.9 Å². The molecule has 116 valence electrons. The molecule has 1 aromatic carbocycles. The number of carboxylic acid groups (broad SMARTS) is 1. The van der Waals surface area contributed by atoms with E-state index >= 15 is 0 Å². The van der Waals surface area contributed by atoms with Gasteiger partial charge in [-0.05, 0) is 44.0 Å². The van der Waals surface area contributed by atoms with E-state index in [1.54, 1.807) is 38.1 Å². The largest absolute Gasteiger partial charge is 0.494 e. The standard InChI is InChI=1S/C16H23NO4/c1-4-10-21-13-8-6-12(7-9-13)14(18)17-11-16(3,5-2)15(19)20/h6-9H,4-5,10-11H2,1-3H3,(H,17,18)(H,19,20). The number of carbonyl (C=O) groups excluding carboxylic acids is 1. The highest BCUT2D eigenvalue weighted by Gasteiger charge is 2.31. The van der Waals surface area contributed by atoms with Crippen molar-refractivity contribution in [3.8, 4) is 5.75 Å². The molecule has 1 unspecified atom stereocenters. The van der Waals surface area contributed by atoms with Crippen molar-refractivity contribution < 1.29 is 19.4 Å². The van der Waals surface area contributed by atoms with Crippen LogP contribution >= 0.6 is 0 Å². The Labute approximate surface area is 125 Å². The highest BCUT2D eigenvalue weighted by atomic mass is 16.5. The lowest BCUT2D eigenvalue weighted by molar-refractivity contribution is -0.147. The summed E-state index contributed by atoms with van der Waals surface area (Å²) in [4.78, 5) is 23.2. The highest BCUT2D eigenvalue weighted by molar-refractivity contribution is 5.94. The first-order valence-corrected chi connectivity index (χ1v) is 7.17. The molecule has 0 aliphatic carbocycles. The summed E-state index contributed by atoms with van der Waals surface area (Å²) in [7, 11) is 0. The number of carbonyl (C=O) groups is 2. The number of ether oxygens (including phenoxy) is 1. The lowest BCUT2D eigenvalue weighted by atomic mass is 9.87. The molecule has 0 radical (unpaired) electrons. The zero-order chi connectivity index (χ0) is 15.9. The molecule has 0 fully saturated rings. The molecule has 1 rings (SSSR count). The normalized spacial score (nSPS) is 13.3. The Morgan fingerprint density at radius 2 is 1.86 bits per heavy atom. The van der Waals surface area contributed by atoms with E-state index in [0.29, 0.717) is 18.6 Å². The van der Waals surface area contributed by atoms with Gasteiger partial charge in [-0.3, -0.25) is 9.59 Å². The van der Waals surface area contributed by atoms with Crippen LogP contribution in [0.15, 0.2) is 24.3 Å². The van der Waals surface area contributed by atoms with Crippen molar-refractivity contribution in [1.29, 1.82) is 0 Å². The molecule has 0 saturated carbocycles. The van der Waals surface area contributed by atoms with Gasteiger partial charge in [-0.15, -0.1) is 0 Å². The minimum Gasteiger partial charge on any atom is -0.494 e. The lowest BCUT2D eigenvalue weighted by Crippen LogP contribution is -2.40. The number of benzene rings is 1. The Morgan fingerprint density at radius 1 is 1.24 bits per heavy atom. The molecular weight excluding hydrogens is 270 g/mol. The second kappa shape index (κ2) is 7.67. The number of hydrogen-bond acceptors (Lipinski definition) is 3. The SMILES string of the molecule is CCCOc1ccc(C(=O)NCC(C)(CC)C(=O)O)cc1. The zero-order valence-corrected chi connectivity index (χ0v) is 12.8. The number of nitrogens with one attached hydrogen (secondary N) is 1. The van der Waals surface area contributed by atoms with Crippen LogP contribution in [0.4, 0.5) is 0 Å². The van der Waals surface area contributed by atoms with E-state index in [4.69, 9.17) is 9.84 Å². The summed E-state index contributed by atoms with van der Waals surface area (Å²) in [6.45, 7) is 6.18. The molecule has 0 spiro atoms. The first-order chi connectivity index (χ1) is 9.92. The molecule has 0 heterocycles. The van der Waals surface area contributed by atoms with Crippen LogP contribution in [0.3, 0.4) is 0 Å². The molecule has 1 aromatic rings. The number of rotatable bonds is 8. The van der Waals surface area contributed by atoms with E-state index in [-0.39, 0.29) is 12.5 Å². The molecule has 1 amide bonds. The van der Waals surface area contributed by atoms with Gasteiger partial charge >= 0.3 is 5.97 Å². The fourth-order valence-electron chi connectivity index (χ4n) is 1.65. The third-order valence-electron chi connectivity index (χ3n) is 3.53. The van der Waals surface area contributed by atoms with Crippen LogP contribution in [0.1, 0.15) is 44.0 Å². The van der Waals surface area contributed by atoms with Crippen LogP contribution in [0, 0.1) is 5.41 Å². The minimum atomic E-state index is -0.945. The van der Waals surface area contributed by atoms with Gasteiger partial charge < -0.3 is 15.2 Å². The van der Waals surface area contributed by atoms with E-state index in [2.05, 4.69) is 5.32 Å². The first-order valence-electron chi connectivity index (χ1n) is 7.17. The van der Waals surface area contributed by atoms with Crippen molar-refractivity contribution in [2.24, 2.45) is 5.41 Å². The molecule has 2 N–H and O–H groups in total. The summed E-state index contributed by atoms with van der Waals surface area (Å²) in [5.74, 6) is -0.469. The predicted octanol–water partition coefficient (Wildman–Crippen LogP) is 2.71. The fourth-order valence-corrected chi connectivity index (χ4v) is 1.65. The molecule has 21 heavy (non-hydrogen) atoms. The van der Waals surface area contributed by atoms with Crippen LogP contribution < -0.4 is 10.1 Å². The van der Waals surface area contributed by atoms with E-state index < -0.39 is 11.4 Å². The number of aliphatic carboxylic acids is 1. The third-order valence-corrected chi connectivity index (χ3v) is 3.53. The number of amides is 1. The topological polar surface area (TPSA) is 75.6 Å². The average molecular weight is 293 g/mol. The first kappa shape index (κ1) is 17.0. The number of carboxylic acids is 1. The lowest BCUT2D eigenvalue weighted by Gasteiger charge is -2.23. The van der Waals surface area contributed by atoms with Crippen LogP contribution in [0.25, 0.3) is 0 Å². The van der Waals surface area contributed by atoms with E-state index in [1.165, 1.54) is 0 Å². The predicted molar refractivity (Wildman–Crippen MR) is 80.6 cm³/mol. The Morgan fingerprint density at radius 3 is 2.33 bits per heavy atom. The maximum absolute atomic E-state index is 12.0. The highest BCUT2D eigenvalue weighted by Crippen LogP contribution is 2.20. The molecule has 5 heteroatoms. The van der Waals surface area contributed by atoms with Crippen molar-refractivity contribution in [2.45, 2.75) is 33.6 Å². The molecule has 0 aromatic heterocycles. The average Bonchev–Trinajstić information content (AvgIpc) is 2.50. The molecular formula is C16H23NO4. The Bertz CT molecular complexity index is 484. The summed E-state index contributed by atoms with van der Waals surface area (Å²) in [6.07, 6.45) is 1.37. The maximum Gasteiger partial charge on any atom is 0.311 e. The molecule has 1 atom stereocenters. The van der Waals surface area contributed by atoms with Gasteiger partial charge in [0.1, 0.15) is 5.75 Å². The Hall–Kier alpha value is -2.04. The summed E-state index contributed by atoms with van der Waals surface area (Å²) in [6, 6.07) is 6.82. The molecule has 0 saturated heterocycles. The molecule has 0 aliphatic heterocycles. The van der Waals surface area contributed by atoms with E-state index in [0.717, 1.165) is 12.2 Å². The van der Waals surface area contributed by atoms with Crippen LogP contribution in [-0.2, 0) is 4.79 Å². The fraction of sp³-hybridized carbons (Fsp3) is 0.500. The second-order valence-electron chi connectivity index (χ2n) is 5.27. The van der Waals surface area contributed by atoms with Gasteiger partial charge in [0.05, 0.1) is 12.0 Å². The van der Waals surface area contributed by atoms with Crippen molar-refractivity contribution in [3.05, 3.63) is 29.8 Å². The maximum atomic E-state index is 12.0. The quantitative estimate of drug-likeness (QED) is 0.772. The van der Waals surface area contributed by atoms with Gasteiger partial charge in [0, 0.05) is 12.1 Å². The van der Waals surface area contributed by atoms with Crippen molar-refractivity contribution in [2.75, 3.05) is 13.2 Å². The van der Waals surface area contributed by atoms with Crippen molar-refractivity contribution in [3.63, 3.8) is 0 Å². The van der Waals surface area contributed by atoms with Gasteiger partial charge in [0.15, 0.2) is 0 Å². The molecule has 0 aliphatic rings. The summed E-state index contributed by atoms with van der Waals surface area (Å²) < 4.78 is 5.44. The number of hydrogen-bond donors (Lipinski definition) is 2. The van der Waals surface area contributed by atoms with Gasteiger partial charge in [-0.2, -0.15) is 0 Å². The third kappa shape index (κ3) is 4.77. The van der Waals surface area contributed by atoms with Crippen molar-refractivity contribution in [1.82, 2.24) is 5.32 Å². The minimum absolute atomic E-state index is 0.103. The molecule has 5 nitrogen and oxygen atoms in total. The van der Waals surface area contributed by atoms with E-state index in [9.17, 15) is 9.59 Å². The smallest absolute Gasteiger partial charge is 0.311 e. The van der Waals surface area contributed by atoms with Crippen LogP contribution in [0.2, 0.25) is 0 Å². The summed E-state index contributed by atoms with van der Waals surface area (Å²) >= 11 is 0. The second-order valence-corrected chi connectivity index (χ2v) is 5.27. The summed E-state index contributed by atoms with van der Waals surface area (Å²) in [5, 5.41) is 11.8. The monoisotopic (exact) mass is 293 g/mol. The van der Waals surface area contributed by atoms with Gasteiger partial charge in [-0.25, -0.2) is 0 Å². The van der Waals surface area contributed by atoms with Gasteiger partial charge in [0.2, 0.25) is 0 Å². The van der Waals surface area contributed by atoms with Crippen LogP contribution in [0.5, 0.6) is 5.75 Å².